The number of hydrogen-bond donors (Lipinski definition) is 1. The lowest BCUT2D eigenvalue weighted by Gasteiger charge is -2.11. The molecular formula is C33H21FN4O3S. The van der Waals surface area contributed by atoms with Gasteiger partial charge in [0.25, 0.3) is 5.78 Å². The van der Waals surface area contributed by atoms with Crippen LogP contribution < -0.4 is 15.5 Å². The Labute approximate surface area is 242 Å². The van der Waals surface area contributed by atoms with Crippen LogP contribution in [0.3, 0.4) is 0 Å². The highest BCUT2D eigenvalue weighted by Crippen LogP contribution is 2.43. The van der Waals surface area contributed by atoms with Crippen molar-refractivity contribution in [1.82, 2.24) is 10.3 Å². The second kappa shape index (κ2) is 9.90. The van der Waals surface area contributed by atoms with E-state index in [4.69, 9.17) is 15.2 Å². The molecule has 7 rings (SSSR count). The second-order valence-electron chi connectivity index (χ2n) is 9.90. The molecule has 0 fully saturated rings. The fraction of sp³-hybridized carbons (Fsp3) is 0.0303. The summed E-state index contributed by atoms with van der Waals surface area (Å²) in [4.78, 5) is 19.5. The minimum atomic E-state index is -0.882. The number of thiophene rings is 1. The number of ketones is 1. The third kappa shape index (κ3) is 4.18. The minimum absolute atomic E-state index is 0.117. The Morgan fingerprint density at radius 1 is 0.952 bits per heavy atom. The topological polar surface area (TPSA) is 109 Å². The predicted molar refractivity (Wildman–Crippen MR) is 158 cm³/mol. The first-order chi connectivity index (χ1) is 20.4. The molecule has 0 aliphatic rings. The predicted octanol–water partition coefficient (Wildman–Crippen LogP) is 6.38. The Hall–Kier alpha value is -5.41. The van der Waals surface area contributed by atoms with E-state index in [2.05, 4.69) is 5.27 Å². The number of hydrogen-bond acceptors (Lipinski definition) is 7. The molecule has 0 radical (unpaired) electrons. The van der Waals surface area contributed by atoms with Crippen LogP contribution in [0.25, 0.3) is 49.1 Å². The van der Waals surface area contributed by atoms with E-state index in [0.29, 0.717) is 32.7 Å². The van der Waals surface area contributed by atoms with Crippen molar-refractivity contribution >= 4 is 43.8 Å². The van der Waals surface area contributed by atoms with Gasteiger partial charge in [-0.3, -0.25) is 4.79 Å². The lowest BCUT2D eigenvalue weighted by Crippen LogP contribution is -2.39. The van der Waals surface area contributed by atoms with Gasteiger partial charge in [0.2, 0.25) is 5.69 Å². The van der Waals surface area contributed by atoms with E-state index in [-0.39, 0.29) is 16.3 Å². The van der Waals surface area contributed by atoms with Crippen LogP contribution in [0.2, 0.25) is 0 Å². The molecule has 0 saturated heterocycles. The maximum Gasteiger partial charge on any atom is 0.312 e. The van der Waals surface area contributed by atoms with Gasteiger partial charge in [0, 0.05) is 23.1 Å². The summed E-state index contributed by atoms with van der Waals surface area (Å²) in [5.74, 6) is -1.93. The summed E-state index contributed by atoms with van der Waals surface area (Å²) < 4.78 is 20.5. The molecule has 3 heterocycles. The van der Waals surface area contributed by atoms with E-state index < -0.39 is 17.5 Å². The van der Waals surface area contributed by atoms with Crippen LogP contribution in [0.15, 0.2) is 102 Å². The Morgan fingerprint density at radius 3 is 2.52 bits per heavy atom. The number of nitrogens with two attached hydrogens (primary N) is 1. The van der Waals surface area contributed by atoms with E-state index in [9.17, 15) is 14.3 Å². The molecular weight excluding hydrogens is 551 g/mol. The van der Waals surface area contributed by atoms with Gasteiger partial charge in [-0.15, -0.1) is 11.3 Å². The maximum atomic E-state index is 14.4. The minimum Gasteiger partial charge on any atom is -0.539 e. The van der Waals surface area contributed by atoms with Crippen LogP contribution in [0.5, 0.6) is 5.95 Å². The molecule has 7 nitrogen and oxygen atoms in total. The SMILES string of the molecule is Cc1ccc(-[n+]2noc([O-])c2C(=O)c2sc3nc(-c4cccc5ccccc45)cc(-c4cccc(F)c4)c3c2N)cc1. The highest BCUT2D eigenvalue weighted by molar-refractivity contribution is 7.21. The highest BCUT2D eigenvalue weighted by atomic mass is 32.1. The van der Waals surface area contributed by atoms with E-state index in [0.717, 1.165) is 33.2 Å². The Balaban J connectivity index is 1.46. The number of aromatic nitrogens is 3. The lowest BCUT2D eigenvalue weighted by atomic mass is 9.97. The summed E-state index contributed by atoms with van der Waals surface area (Å²) in [6.07, 6.45) is 0. The molecule has 0 amide bonds. The monoisotopic (exact) mass is 572 g/mol. The number of aryl methyl sites for hydroxylation is 1. The van der Waals surface area contributed by atoms with Crippen molar-refractivity contribution in [3.8, 4) is 34.0 Å². The normalized spacial score (nSPS) is 11.4. The Bertz CT molecular complexity index is 2160. The number of nitrogens with zero attached hydrogens (tertiary/aromatic N) is 3. The molecule has 2 N–H and O–H groups in total. The van der Waals surface area contributed by atoms with Crippen LogP contribution in [0.4, 0.5) is 10.1 Å². The first-order valence-corrected chi connectivity index (χ1v) is 13.9. The van der Waals surface area contributed by atoms with E-state index >= 15 is 0 Å². The van der Waals surface area contributed by atoms with Crippen LogP contribution in [-0.4, -0.2) is 16.0 Å². The number of anilines is 1. The molecule has 204 valence electrons. The summed E-state index contributed by atoms with van der Waals surface area (Å²) in [5.41, 5.74) is 10.7. The number of rotatable bonds is 5. The summed E-state index contributed by atoms with van der Waals surface area (Å²) in [6.45, 7) is 1.93. The third-order valence-electron chi connectivity index (χ3n) is 7.21. The molecule has 0 unspecified atom stereocenters. The molecule has 0 bridgehead atoms. The molecule has 0 spiro atoms. The van der Waals surface area contributed by atoms with Gasteiger partial charge in [-0.1, -0.05) is 72.3 Å². The van der Waals surface area contributed by atoms with Gasteiger partial charge in [0.1, 0.15) is 15.5 Å². The van der Waals surface area contributed by atoms with E-state index in [1.165, 1.54) is 16.8 Å². The van der Waals surface area contributed by atoms with Gasteiger partial charge in [0.05, 0.1) is 16.7 Å². The molecule has 3 aromatic heterocycles. The van der Waals surface area contributed by atoms with Crippen molar-refractivity contribution in [2.45, 2.75) is 6.92 Å². The zero-order valence-corrected chi connectivity index (χ0v) is 23.0. The van der Waals surface area contributed by atoms with Crippen molar-refractivity contribution in [2.75, 3.05) is 5.73 Å². The molecule has 7 aromatic rings. The van der Waals surface area contributed by atoms with Crippen LogP contribution in [-0.2, 0) is 0 Å². The smallest absolute Gasteiger partial charge is 0.312 e. The standard InChI is InChI=1S/C33H21FN4O3S/c1-18-12-14-22(15-13-18)38-29(33(40)41-37-38)30(39)31-28(35)27-25(20-8-4-9-21(34)16-20)17-26(36-32(27)42-31)24-11-5-7-19-6-2-3-10-23(19)24/h2-17H,1H3,(H2-,35,37,39,40). The van der Waals surface area contributed by atoms with Crippen molar-refractivity contribution in [3.05, 3.63) is 119 Å². The van der Waals surface area contributed by atoms with Gasteiger partial charge >= 0.3 is 5.69 Å². The molecule has 4 aromatic carbocycles. The summed E-state index contributed by atoms with van der Waals surface area (Å²) in [5, 5.41) is 19.1. The number of pyridine rings is 1. The van der Waals surface area contributed by atoms with E-state index in [1.54, 1.807) is 24.3 Å². The van der Waals surface area contributed by atoms with Gasteiger partial charge in [-0.25, -0.2) is 9.37 Å². The Morgan fingerprint density at radius 2 is 1.71 bits per heavy atom. The largest absolute Gasteiger partial charge is 0.539 e. The fourth-order valence-electron chi connectivity index (χ4n) is 5.17. The first kappa shape index (κ1) is 25.6. The number of carbonyl (C=O) groups is 1. The van der Waals surface area contributed by atoms with Gasteiger partial charge in [0.15, 0.2) is 5.95 Å². The van der Waals surface area contributed by atoms with E-state index in [1.807, 2.05) is 67.6 Å². The van der Waals surface area contributed by atoms with Crippen LogP contribution in [0.1, 0.15) is 20.9 Å². The number of benzene rings is 4. The molecule has 0 saturated carbocycles. The van der Waals surface area contributed by atoms with Gasteiger partial charge in [-0.05, 0) is 51.7 Å². The quantitative estimate of drug-likeness (QED) is 0.189. The van der Waals surface area contributed by atoms with Crippen molar-refractivity contribution < 1.29 is 23.5 Å². The van der Waals surface area contributed by atoms with Crippen molar-refractivity contribution in [3.63, 3.8) is 0 Å². The lowest BCUT2D eigenvalue weighted by molar-refractivity contribution is -0.672. The summed E-state index contributed by atoms with van der Waals surface area (Å²) >= 11 is 1.07. The van der Waals surface area contributed by atoms with Crippen LogP contribution >= 0.6 is 11.3 Å². The summed E-state index contributed by atoms with van der Waals surface area (Å²) in [7, 11) is 0. The Kier molecular flexibility index (Phi) is 6.02. The second-order valence-corrected chi connectivity index (χ2v) is 10.9. The molecule has 42 heavy (non-hydrogen) atoms. The fourth-order valence-corrected chi connectivity index (χ4v) is 6.23. The van der Waals surface area contributed by atoms with Gasteiger partial charge in [-0.2, -0.15) is 0 Å². The van der Waals surface area contributed by atoms with Crippen molar-refractivity contribution in [1.29, 1.82) is 0 Å². The van der Waals surface area contributed by atoms with Crippen molar-refractivity contribution in [2.24, 2.45) is 0 Å². The number of carbonyl (C=O) groups excluding carboxylic acids is 1. The van der Waals surface area contributed by atoms with Gasteiger partial charge < -0.3 is 15.4 Å². The number of fused-ring (bicyclic) bond motifs is 2. The average Bonchev–Trinajstić information content (AvgIpc) is 3.56. The number of nitrogen functional groups attached to an aromatic ring is 1. The molecule has 0 atom stereocenters. The van der Waals surface area contributed by atoms with Crippen LogP contribution in [0, 0.1) is 12.7 Å². The third-order valence-corrected chi connectivity index (χ3v) is 8.31. The molecule has 0 aliphatic carbocycles. The zero-order valence-electron chi connectivity index (χ0n) is 22.2. The maximum absolute atomic E-state index is 14.4. The molecule has 0 aliphatic heterocycles. The first-order valence-electron chi connectivity index (χ1n) is 13.1. The average molecular weight is 573 g/mol. The highest BCUT2D eigenvalue weighted by Gasteiger charge is 2.33. The zero-order chi connectivity index (χ0) is 29.0. The number of halogens is 1. The summed E-state index contributed by atoms with van der Waals surface area (Å²) in [6, 6.07) is 29.1. The molecule has 9 heteroatoms.